The van der Waals surface area contributed by atoms with Crippen LogP contribution in [0.3, 0.4) is 0 Å². The second kappa shape index (κ2) is 4.49. The van der Waals surface area contributed by atoms with Crippen LogP contribution in [-0.4, -0.2) is 11.1 Å². The van der Waals surface area contributed by atoms with E-state index in [2.05, 4.69) is 0 Å². The van der Waals surface area contributed by atoms with Crippen molar-refractivity contribution < 1.29 is 18.7 Å². The molecule has 0 amide bonds. The van der Waals surface area contributed by atoms with E-state index in [1.54, 1.807) is 30.3 Å². The fourth-order valence-corrected chi connectivity index (χ4v) is 1.86. The van der Waals surface area contributed by atoms with Crippen molar-refractivity contribution in [2.45, 2.75) is 12.8 Å². The van der Waals surface area contributed by atoms with Gasteiger partial charge in [-0.2, -0.15) is 0 Å². The van der Waals surface area contributed by atoms with Gasteiger partial charge in [0.05, 0.1) is 6.42 Å². The topological polar surface area (TPSA) is 37.3 Å². The summed E-state index contributed by atoms with van der Waals surface area (Å²) in [6.07, 6.45) is -2.85. The third kappa shape index (κ3) is 2.41. The van der Waals surface area contributed by atoms with Crippen LogP contribution in [0.25, 0.3) is 10.8 Å². The molecule has 2 rings (SSSR count). The summed E-state index contributed by atoms with van der Waals surface area (Å²) in [4.78, 5) is 10.6. The lowest BCUT2D eigenvalue weighted by Crippen LogP contribution is -2.01. The normalized spacial score (nSPS) is 11.0. The first kappa shape index (κ1) is 11.5. The molecule has 0 unspecified atom stereocenters. The number of fused-ring (bicyclic) bond motifs is 1. The molecule has 0 aromatic heterocycles. The summed E-state index contributed by atoms with van der Waals surface area (Å²) in [5.41, 5.74) is 0.283. The molecule has 0 aliphatic rings. The molecule has 2 aromatic rings. The summed E-state index contributed by atoms with van der Waals surface area (Å²) < 4.78 is 25.7. The maximum absolute atomic E-state index is 12.9. The third-order valence-corrected chi connectivity index (χ3v) is 2.54. The highest BCUT2D eigenvalue weighted by Crippen LogP contribution is 2.29. The van der Waals surface area contributed by atoms with E-state index in [9.17, 15) is 13.6 Å². The number of alkyl halides is 2. The van der Waals surface area contributed by atoms with Crippen molar-refractivity contribution in [2.24, 2.45) is 0 Å². The first-order valence-corrected chi connectivity index (χ1v) is 5.09. The largest absolute Gasteiger partial charge is 0.481 e. The molecular formula is C13H10F2O2. The first-order chi connectivity index (χ1) is 8.08. The van der Waals surface area contributed by atoms with Crippen molar-refractivity contribution in [1.82, 2.24) is 0 Å². The molecule has 2 nitrogen and oxygen atoms in total. The number of carbonyl (C=O) groups is 1. The number of hydrogen-bond donors (Lipinski definition) is 1. The quantitative estimate of drug-likeness (QED) is 0.886. The number of hydrogen-bond acceptors (Lipinski definition) is 1. The smallest absolute Gasteiger partial charge is 0.307 e. The van der Waals surface area contributed by atoms with Gasteiger partial charge >= 0.3 is 5.97 Å². The van der Waals surface area contributed by atoms with E-state index >= 15 is 0 Å². The van der Waals surface area contributed by atoms with Crippen LogP contribution < -0.4 is 0 Å². The molecule has 1 N–H and O–H groups in total. The highest BCUT2D eigenvalue weighted by atomic mass is 19.3. The van der Waals surface area contributed by atoms with Gasteiger partial charge in [-0.05, 0) is 22.4 Å². The van der Waals surface area contributed by atoms with E-state index in [1.165, 1.54) is 6.07 Å². The maximum atomic E-state index is 12.9. The van der Waals surface area contributed by atoms with Gasteiger partial charge in [0.15, 0.2) is 0 Å². The minimum Gasteiger partial charge on any atom is -0.481 e. The Balaban J connectivity index is 2.62. The Labute approximate surface area is 96.5 Å². The van der Waals surface area contributed by atoms with Crippen LogP contribution in [0.2, 0.25) is 0 Å². The Kier molecular flexibility index (Phi) is 3.04. The van der Waals surface area contributed by atoms with Crippen LogP contribution >= 0.6 is 0 Å². The second-order valence-corrected chi connectivity index (χ2v) is 3.78. The lowest BCUT2D eigenvalue weighted by Gasteiger charge is -2.08. The van der Waals surface area contributed by atoms with Crippen LogP contribution in [0.5, 0.6) is 0 Å². The molecule has 0 fully saturated rings. The molecule has 0 bridgehead atoms. The fourth-order valence-electron chi connectivity index (χ4n) is 1.86. The van der Waals surface area contributed by atoms with Gasteiger partial charge in [0.1, 0.15) is 0 Å². The molecule has 0 saturated heterocycles. The fraction of sp³-hybridized carbons (Fsp3) is 0.154. The van der Waals surface area contributed by atoms with Crippen molar-refractivity contribution in [3.63, 3.8) is 0 Å². The predicted molar refractivity (Wildman–Crippen MR) is 60.2 cm³/mol. The van der Waals surface area contributed by atoms with Crippen LogP contribution in [0.1, 0.15) is 17.6 Å². The molecule has 0 radical (unpaired) electrons. The Morgan fingerprint density at radius 2 is 1.94 bits per heavy atom. The summed E-state index contributed by atoms with van der Waals surface area (Å²) >= 11 is 0. The number of benzene rings is 2. The molecule has 2 aromatic carbocycles. The maximum Gasteiger partial charge on any atom is 0.307 e. The average molecular weight is 236 g/mol. The van der Waals surface area contributed by atoms with E-state index in [1.807, 2.05) is 0 Å². The highest BCUT2D eigenvalue weighted by Gasteiger charge is 2.13. The molecule has 0 aliphatic heterocycles. The van der Waals surface area contributed by atoms with Gasteiger partial charge in [0.2, 0.25) is 0 Å². The molecule has 88 valence electrons. The minimum absolute atomic E-state index is 0.112. The summed E-state index contributed by atoms with van der Waals surface area (Å²) in [5, 5.41) is 9.79. The standard InChI is InChI=1S/C13H10F2O2/c14-13(15)11-6-8(7-12(16)17)5-9-3-1-2-4-10(9)11/h1-6,13H,7H2,(H,16,17). The molecule has 0 spiro atoms. The van der Waals surface area contributed by atoms with Gasteiger partial charge in [0.25, 0.3) is 6.43 Å². The highest BCUT2D eigenvalue weighted by molar-refractivity contribution is 5.87. The van der Waals surface area contributed by atoms with Crippen molar-refractivity contribution in [1.29, 1.82) is 0 Å². The van der Waals surface area contributed by atoms with Crippen molar-refractivity contribution in [2.75, 3.05) is 0 Å². The van der Waals surface area contributed by atoms with Crippen molar-refractivity contribution in [3.05, 3.63) is 47.5 Å². The molecule has 0 aliphatic carbocycles. The van der Waals surface area contributed by atoms with E-state index < -0.39 is 12.4 Å². The zero-order valence-electron chi connectivity index (χ0n) is 8.86. The van der Waals surface area contributed by atoms with Crippen LogP contribution in [-0.2, 0) is 11.2 Å². The van der Waals surface area contributed by atoms with E-state index in [0.29, 0.717) is 16.3 Å². The van der Waals surface area contributed by atoms with Gasteiger partial charge in [-0.25, -0.2) is 8.78 Å². The Morgan fingerprint density at radius 1 is 1.24 bits per heavy atom. The number of rotatable bonds is 3. The number of halogens is 2. The van der Waals surface area contributed by atoms with E-state index in [-0.39, 0.29) is 12.0 Å². The lowest BCUT2D eigenvalue weighted by atomic mass is 9.99. The molecule has 0 atom stereocenters. The van der Waals surface area contributed by atoms with Crippen molar-refractivity contribution in [3.8, 4) is 0 Å². The molecular weight excluding hydrogens is 226 g/mol. The summed E-state index contributed by atoms with van der Waals surface area (Å²) in [5.74, 6) is -1.03. The van der Waals surface area contributed by atoms with Crippen LogP contribution in [0.15, 0.2) is 36.4 Å². The molecule has 0 saturated carbocycles. The van der Waals surface area contributed by atoms with Gasteiger partial charge < -0.3 is 5.11 Å². The third-order valence-electron chi connectivity index (χ3n) is 2.54. The van der Waals surface area contributed by atoms with Crippen LogP contribution in [0.4, 0.5) is 8.78 Å². The van der Waals surface area contributed by atoms with E-state index in [0.717, 1.165) is 0 Å². The summed E-state index contributed by atoms with van der Waals surface area (Å²) in [6.45, 7) is 0. The number of carboxylic acid groups (broad SMARTS) is 1. The van der Waals surface area contributed by atoms with Gasteiger partial charge in [0, 0.05) is 5.56 Å². The Hall–Kier alpha value is -1.97. The minimum atomic E-state index is -2.60. The zero-order valence-corrected chi connectivity index (χ0v) is 8.86. The van der Waals surface area contributed by atoms with Gasteiger partial charge in [-0.15, -0.1) is 0 Å². The monoisotopic (exact) mass is 236 g/mol. The predicted octanol–water partition coefficient (Wildman–Crippen LogP) is 3.40. The number of aliphatic carboxylic acids is 1. The summed E-state index contributed by atoms with van der Waals surface area (Å²) in [6, 6.07) is 9.64. The zero-order chi connectivity index (χ0) is 12.4. The number of carboxylic acids is 1. The SMILES string of the molecule is O=C(O)Cc1cc(C(F)F)c2ccccc2c1. The van der Waals surface area contributed by atoms with Gasteiger partial charge in [-0.1, -0.05) is 30.3 Å². The Bertz CT molecular complexity index is 564. The first-order valence-electron chi connectivity index (χ1n) is 5.09. The van der Waals surface area contributed by atoms with E-state index in [4.69, 9.17) is 5.11 Å². The van der Waals surface area contributed by atoms with Gasteiger partial charge in [-0.3, -0.25) is 4.79 Å². The second-order valence-electron chi connectivity index (χ2n) is 3.78. The van der Waals surface area contributed by atoms with Crippen LogP contribution in [0, 0.1) is 0 Å². The van der Waals surface area contributed by atoms with Crippen molar-refractivity contribution >= 4 is 16.7 Å². The summed E-state index contributed by atoms with van der Waals surface area (Å²) in [7, 11) is 0. The lowest BCUT2D eigenvalue weighted by molar-refractivity contribution is -0.136. The molecule has 0 heterocycles. The average Bonchev–Trinajstić information content (AvgIpc) is 2.27. The molecule has 4 heteroatoms. The molecule has 17 heavy (non-hydrogen) atoms. The Morgan fingerprint density at radius 3 is 2.59 bits per heavy atom.